The number of nitro benzene ring substituents is 1. The molecule has 1 heterocycles. The molecule has 1 aliphatic heterocycles. The highest BCUT2D eigenvalue weighted by molar-refractivity contribution is 5.99. The molecular weight excluding hydrogens is 306 g/mol. The third-order valence-corrected chi connectivity index (χ3v) is 3.78. The third kappa shape index (κ3) is 3.24. The van der Waals surface area contributed by atoms with E-state index in [9.17, 15) is 19.7 Å². The van der Waals surface area contributed by atoms with E-state index in [0.717, 1.165) is 0 Å². The molecule has 1 aromatic rings. The van der Waals surface area contributed by atoms with Gasteiger partial charge in [0.1, 0.15) is 17.5 Å². The van der Waals surface area contributed by atoms with E-state index in [0.29, 0.717) is 17.7 Å². The molecular formula is C14H17N3O6. The molecule has 0 spiro atoms. The number of nitrogens with two attached hydrogens (primary N) is 1. The first-order valence-corrected chi connectivity index (χ1v) is 6.99. The lowest BCUT2D eigenvalue weighted by Crippen LogP contribution is -2.34. The van der Waals surface area contributed by atoms with Crippen LogP contribution in [-0.2, 0) is 16.0 Å². The van der Waals surface area contributed by atoms with Crippen molar-refractivity contribution in [2.45, 2.75) is 25.3 Å². The smallest absolute Gasteiger partial charge is 0.320 e. The quantitative estimate of drug-likeness (QED) is 0.580. The van der Waals surface area contributed by atoms with E-state index in [2.05, 4.69) is 0 Å². The Kier molecular flexibility index (Phi) is 4.80. The molecule has 0 unspecified atom stereocenters. The fraction of sp³-hybridized carbons (Fsp3) is 0.429. The zero-order valence-corrected chi connectivity index (χ0v) is 12.5. The fourth-order valence-electron chi connectivity index (χ4n) is 2.61. The van der Waals surface area contributed by atoms with E-state index in [1.165, 1.54) is 24.1 Å². The van der Waals surface area contributed by atoms with Crippen molar-refractivity contribution in [3.8, 4) is 5.75 Å². The lowest BCUT2D eigenvalue weighted by Gasteiger charge is -2.18. The lowest BCUT2D eigenvalue weighted by atomic mass is 10.1. The van der Waals surface area contributed by atoms with Crippen LogP contribution in [0.25, 0.3) is 0 Å². The topological polar surface area (TPSA) is 136 Å². The fourth-order valence-corrected chi connectivity index (χ4v) is 2.61. The Morgan fingerprint density at radius 1 is 1.52 bits per heavy atom. The average Bonchev–Trinajstić information content (AvgIpc) is 2.95. The zero-order valence-electron chi connectivity index (χ0n) is 12.5. The Morgan fingerprint density at radius 3 is 2.78 bits per heavy atom. The molecule has 0 aromatic heterocycles. The van der Waals surface area contributed by atoms with Crippen LogP contribution in [0.4, 0.5) is 11.4 Å². The van der Waals surface area contributed by atoms with Gasteiger partial charge in [-0.2, -0.15) is 0 Å². The van der Waals surface area contributed by atoms with Crippen molar-refractivity contribution in [1.29, 1.82) is 0 Å². The first-order chi connectivity index (χ1) is 10.9. The highest BCUT2D eigenvalue weighted by atomic mass is 16.6. The number of carbonyl (C=O) groups excluding carboxylic acids is 1. The van der Waals surface area contributed by atoms with Gasteiger partial charge in [0.05, 0.1) is 12.0 Å². The maximum Gasteiger partial charge on any atom is 0.320 e. The minimum absolute atomic E-state index is 0.0300. The molecule has 1 amide bonds. The van der Waals surface area contributed by atoms with Crippen LogP contribution in [-0.4, -0.2) is 41.6 Å². The Bertz CT molecular complexity index is 660. The second kappa shape index (κ2) is 6.61. The largest absolute Gasteiger partial charge is 0.496 e. The Morgan fingerprint density at radius 2 is 2.22 bits per heavy atom. The number of carbonyl (C=O) groups is 2. The number of nitrogens with zero attached hydrogens (tertiary/aromatic N) is 2. The highest BCUT2D eigenvalue weighted by Gasteiger charge is 2.34. The molecule has 0 radical (unpaired) electrons. The van der Waals surface area contributed by atoms with Crippen molar-refractivity contribution in [1.82, 2.24) is 0 Å². The van der Waals surface area contributed by atoms with Gasteiger partial charge in [-0.3, -0.25) is 19.7 Å². The van der Waals surface area contributed by atoms with Gasteiger partial charge in [-0.15, -0.1) is 0 Å². The summed E-state index contributed by atoms with van der Waals surface area (Å²) in [6.45, 7) is 0.289. The van der Waals surface area contributed by atoms with Crippen molar-refractivity contribution < 1.29 is 24.4 Å². The normalized spacial score (nSPS) is 14.3. The number of carboxylic acids is 1. The summed E-state index contributed by atoms with van der Waals surface area (Å²) in [5.74, 6) is -1.09. The number of aliphatic carboxylic acids is 1. The second-order valence-corrected chi connectivity index (χ2v) is 5.15. The first kappa shape index (κ1) is 16.7. The minimum atomic E-state index is -1.19. The zero-order chi connectivity index (χ0) is 17.1. The standard InChI is InChI=1S/C14H17N3O6/c1-23-11-4-3-10(17(21)22)13-8(11)6-7-16(13)12(18)5-2-9(15)14(19)20/h3-4,9H,2,5-7,15H2,1H3,(H,19,20)/t9-/m0/s1. The summed E-state index contributed by atoms with van der Waals surface area (Å²) in [5.41, 5.74) is 6.05. The Hall–Kier alpha value is -2.68. The molecule has 9 heteroatoms. The third-order valence-electron chi connectivity index (χ3n) is 3.78. The van der Waals surface area contributed by atoms with Crippen molar-refractivity contribution in [2.24, 2.45) is 5.73 Å². The minimum Gasteiger partial charge on any atom is -0.496 e. The van der Waals surface area contributed by atoms with Gasteiger partial charge in [0.25, 0.3) is 5.69 Å². The monoisotopic (exact) mass is 323 g/mol. The number of amides is 1. The van der Waals surface area contributed by atoms with Gasteiger partial charge in [-0.05, 0) is 18.9 Å². The molecule has 2 rings (SSSR count). The molecule has 0 aliphatic carbocycles. The summed E-state index contributed by atoms with van der Waals surface area (Å²) < 4.78 is 5.19. The van der Waals surface area contributed by atoms with Crippen LogP contribution >= 0.6 is 0 Å². The van der Waals surface area contributed by atoms with E-state index in [-0.39, 0.29) is 30.8 Å². The van der Waals surface area contributed by atoms with Crippen LogP contribution in [0.1, 0.15) is 18.4 Å². The Balaban J connectivity index is 2.28. The number of carboxylic acid groups (broad SMARTS) is 1. The van der Waals surface area contributed by atoms with Crippen molar-refractivity contribution >= 4 is 23.3 Å². The Labute approximate surface area is 131 Å². The number of anilines is 1. The van der Waals surface area contributed by atoms with Crippen LogP contribution in [0.2, 0.25) is 0 Å². The molecule has 0 saturated heterocycles. The van der Waals surface area contributed by atoms with Crippen LogP contribution < -0.4 is 15.4 Å². The number of fused-ring (bicyclic) bond motifs is 1. The number of rotatable bonds is 6. The van der Waals surface area contributed by atoms with Crippen LogP contribution in [0.5, 0.6) is 5.75 Å². The van der Waals surface area contributed by atoms with Crippen molar-refractivity contribution in [3.05, 3.63) is 27.8 Å². The number of hydrogen-bond acceptors (Lipinski definition) is 6. The molecule has 0 saturated carbocycles. The van der Waals surface area contributed by atoms with Gasteiger partial charge < -0.3 is 20.5 Å². The van der Waals surface area contributed by atoms with Gasteiger partial charge in [-0.25, -0.2) is 0 Å². The number of hydrogen-bond donors (Lipinski definition) is 2. The van der Waals surface area contributed by atoms with Crippen LogP contribution in [0.3, 0.4) is 0 Å². The number of ether oxygens (including phenoxy) is 1. The van der Waals surface area contributed by atoms with E-state index in [4.69, 9.17) is 15.6 Å². The van der Waals surface area contributed by atoms with E-state index < -0.39 is 22.8 Å². The van der Waals surface area contributed by atoms with Gasteiger partial charge in [0.2, 0.25) is 5.91 Å². The summed E-state index contributed by atoms with van der Waals surface area (Å²) in [7, 11) is 1.46. The first-order valence-electron chi connectivity index (χ1n) is 6.99. The van der Waals surface area contributed by atoms with Crippen molar-refractivity contribution in [3.63, 3.8) is 0 Å². The molecule has 124 valence electrons. The van der Waals surface area contributed by atoms with Crippen LogP contribution in [0, 0.1) is 10.1 Å². The van der Waals surface area contributed by atoms with Gasteiger partial charge >= 0.3 is 5.97 Å². The predicted molar refractivity (Wildman–Crippen MR) is 80.6 cm³/mol. The summed E-state index contributed by atoms with van der Waals surface area (Å²) in [6, 6.07) is 1.67. The van der Waals surface area contributed by atoms with E-state index in [1.54, 1.807) is 0 Å². The van der Waals surface area contributed by atoms with Crippen LogP contribution in [0.15, 0.2) is 12.1 Å². The summed E-state index contributed by atoms with van der Waals surface area (Å²) in [4.78, 5) is 35.0. The summed E-state index contributed by atoms with van der Waals surface area (Å²) >= 11 is 0. The lowest BCUT2D eigenvalue weighted by molar-refractivity contribution is -0.384. The summed E-state index contributed by atoms with van der Waals surface area (Å²) in [5, 5.41) is 20.0. The molecule has 1 atom stereocenters. The van der Waals surface area contributed by atoms with E-state index >= 15 is 0 Å². The number of methoxy groups -OCH3 is 1. The highest BCUT2D eigenvalue weighted by Crippen LogP contribution is 2.42. The molecule has 1 aromatic carbocycles. The van der Waals surface area contributed by atoms with Crippen molar-refractivity contribution in [2.75, 3.05) is 18.6 Å². The number of nitro groups is 1. The molecule has 9 nitrogen and oxygen atoms in total. The predicted octanol–water partition coefficient (Wildman–Crippen LogP) is 0.685. The maximum atomic E-state index is 12.3. The molecule has 1 aliphatic rings. The second-order valence-electron chi connectivity index (χ2n) is 5.15. The average molecular weight is 323 g/mol. The van der Waals surface area contributed by atoms with Gasteiger partial charge in [0, 0.05) is 24.6 Å². The van der Waals surface area contributed by atoms with E-state index in [1.807, 2.05) is 0 Å². The molecule has 23 heavy (non-hydrogen) atoms. The molecule has 3 N–H and O–H groups in total. The van der Waals surface area contributed by atoms with Gasteiger partial charge in [-0.1, -0.05) is 0 Å². The SMILES string of the molecule is COc1ccc([N+](=O)[O-])c2c1CCN2C(=O)CC[C@H](N)C(=O)O. The van der Waals surface area contributed by atoms with Gasteiger partial charge in [0.15, 0.2) is 0 Å². The molecule has 0 fully saturated rings. The molecule has 0 bridgehead atoms. The summed E-state index contributed by atoms with van der Waals surface area (Å²) in [6.07, 6.45) is 0.315. The maximum absolute atomic E-state index is 12.3. The number of benzene rings is 1.